The monoisotopic (exact) mass is 425 g/mol. The first-order chi connectivity index (χ1) is 14.6. The molecule has 0 spiro atoms. The fraction of sp³-hybridized carbons (Fsp3) is 0.182. The van der Waals surface area contributed by atoms with Crippen LogP contribution in [0.4, 0.5) is 21.5 Å². The first-order valence-corrected chi connectivity index (χ1v) is 10.4. The molecule has 0 bridgehead atoms. The SMILES string of the molecule is O=C(Nc1ccc(N2CCOCC2)c(F)c1)c1cccc(NC(=O)c2cccs2)c1. The van der Waals surface area contributed by atoms with Crippen LogP contribution in [0.1, 0.15) is 20.0 Å². The van der Waals surface area contributed by atoms with Gasteiger partial charge >= 0.3 is 0 Å². The highest BCUT2D eigenvalue weighted by Crippen LogP contribution is 2.24. The van der Waals surface area contributed by atoms with Crippen LogP contribution < -0.4 is 15.5 Å². The summed E-state index contributed by atoms with van der Waals surface area (Å²) in [5.41, 5.74) is 1.73. The van der Waals surface area contributed by atoms with E-state index in [1.54, 1.807) is 48.5 Å². The van der Waals surface area contributed by atoms with E-state index in [0.29, 0.717) is 53.8 Å². The van der Waals surface area contributed by atoms with Gasteiger partial charge in [0.1, 0.15) is 5.82 Å². The van der Waals surface area contributed by atoms with Gasteiger partial charge in [0.25, 0.3) is 11.8 Å². The number of ether oxygens (including phenoxy) is 1. The summed E-state index contributed by atoms with van der Waals surface area (Å²) < 4.78 is 19.8. The lowest BCUT2D eigenvalue weighted by Crippen LogP contribution is -2.36. The number of anilines is 3. The Kier molecular flexibility index (Phi) is 6.06. The van der Waals surface area contributed by atoms with Gasteiger partial charge in [-0.1, -0.05) is 12.1 Å². The summed E-state index contributed by atoms with van der Waals surface area (Å²) in [6, 6.07) is 14.8. The standard InChI is InChI=1S/C22H20FN3O3S/c23-18-14-17(6-7-19(18)26-8-10-29-11-9-26)24-21(27)15-3-1-4-16(13-15)25-22(28)20-5-2-12-30-20/h1-7,12-14H,8-11H2,(H,24,27)(H,25,28). The van der Waals surface area contributed by atoms with Crippen LogP contribution in [0.2, 0.25) is 0 Å². The molecule has 0 saturated carbocycles. The van der Waals surface area contributed by atoms with E-state index in [2.05, 4.69) is 10.6 Å². The van der Waals surface area contributed by atoms with Crippen molar-refractivity contribution in [2.24, 2.45) is 0 Å². The molecule has 1 aromatic heterocycles. The van der Waals surface area contributed by atoms with Gasteiger partial charge in [0, 0.05) is 30.0 Å². The van der Waals surface area contributed by atoms with Crippen molar-refractivity contribution in [1.29, 1.82) is 0 Å². The second kappa shape index (κ2) is 9.06. The number of nitrogens with zero attached hydrogens (tertiary/aromatic N) is 1. The number of hydrogen-bond acceptors (Lipinski definition) is 5. The maximum atomic E-state index is 14.5. The van der Waals surface area contributed by atoms with Crippen LogP contribution in [0.3, 0.4) is 0 Å². The van der Waals surface area contributed by atoms with Gasteiger partial charge in [0.05, 0.1) is 23.8 Å². The van der Waals surface area contributed by atoms with E-state index in [1.165, 1.54) is 17.4 Å². The quantitative estimate of drug-likeness (QED) is 0.642. The van der Waals surface area contributed by atoms with Crippen LogP contribution in [0.25, 0.3) is 0 Å². The van der Waals surface area contributed by atoms with Gasteiger partial charge in [-0.3, -0.25) is 9.59 Å². The molecule has 1 fully saturated rings. The molecule has 2 N–H and O–H groups in total. The van der Waals surface area contributed by atoms with E-state index in [9.17, 15) is 14.0 Å². The van der Waals surface area contributed by atoms with Crippen molar-refractivity contribution in [2.75, 3.05) is 41.8 Å². The third kappa shape index (κ3) is 4.67. The van der Waals surface area contributed by atoms with Crippen molar-refractivity contribution < 1.29 is 18.7 Å². The highest BCUT2D eigenvalue weighted by atomic mass is 32.1. The van der Waals surface area contributed by atoms with Crippen LogP contribution in [0.15, 0.2) is 60.0 Å². The summed E-state index contributed by atoms with van der Waals surface area (Å²) in [5.74, 6) is -1.02. The lowest BCUT2D eigenvalue weighted by Gasteiger charge is -2.29. The summed E-state index contributed by atoms with van der Waals surface area (Å²) in [4.78, 5) is 27.3. The summed E-state index contributed by atoms with van der Waals surface area (Å²) in [5, 5.41) is 7.30. The molecule has 0 radical (unpaired) electrons. The van der Waals surface area contributed by atoms with Crippen LogP contribution in [-0.2, 0) is 4.74 Å². The zero-order valence-corrected chi connectivity index (χ0v) is 16.9. The molecule has 4 rings (SSSR count). The average Bonchev–Trinajstić information content (AvgIpc) is 3.30. The molecule has 0 atom stereocenters. The van der Waals surface area contributed by atoms with Crippen molar-refractivity contribution in [1.82, 2.24) is 0 Å². The number of rotatable bonds is 5. The minimum absolute atomic E-state index is 0.233. The summed E-state index contributed by atoms with van der Waals surface area (Å²) in [7, 11) is 0. The fourth-order valence-electron chi connectivity index (χ4n) is 3.19. The predicted molar refractivity (Wildman–Crippen MR) is 116 cm³/mol. The molecular weight excluding hydrogens is 405 g/mol. The average molecular weight is 425 g/mol. The fourth-order valence-corrected chi connectivity index (χ4v) is 3.81. The Labute approximate surface area is 177 Å². The molecular formula is C22H20FN3O3S. The number of benzene rings is 2. The first kappa shape index (κ1) is 20.1. The Balaban J connectivity index is 1.43. The number of carbonyl (C=O) groups excluding carboxylic acids is 2. The Morgan fingerprint density at radius 2 is 1.70 bits per heavy atom. The van der Waals surface area contributed by atoms with Gasteiger partial charge in [-0.2, -0.15) is 0 Å². The first-order valence-electron chi connectivity index (χ1n) is 9.49. The van der Waals surface area contributed by atoms with Crippen molar-refractivity contribution >= 4 is 40.2 Å². The lowest BCUT2D eigenvalue weighted by atomic mass is 10.1. The number of morpholine rings is 1. The molecule has 0 unspecified atom stereocenters. The van der Waals surface area contributed by atoms with E-state index in [0.717, 1.165) is 0 Å². The van der Waals surface area contributed by atoms with Crippen molar-refractivity contribution in [3.63, 3.8) is 0 Å². The molecule has 1 aliphatic heterocycles. The zero-order chi connectivity index (χ0) is 20.9. The van der Waals surface area contributed by atoms with Gasteiger partial charge in [-0.25, -0.2) is 4.39 Å². The van der Waals surface area contributed by atoms with E-state index in [4.69, 9.17) is 4.74 Å². The number of nitrogens with one attached hydrogen (secondary N) is 2. The van der Waals surface area contributed by atoms with E-state index in [-0.39, 0.29) is 11.8 Å². The van der Waals surface area contributed by atoms with Crippen LogP contribution in [0.5, 0.6) is 0 Å². The third-order valence-corrected chi connectivity index (χ3v) is 5.55. The Morgan fingerprint density at radius 3 is 2.43 bits per heavy atom. The molecule has 1 aliphatic rings. The van der Waals surface area contributed by atoms with Gasteiger partial charge in [-0.15, -0.1) is 11.3 Å². The van der Waals surface area contributed by atoms with Crippen molar-refractivity contribution in [2.45, 2.75) is 0 Å². The molecule has 2 heterocycles. The zero-order valence-electron chi connectivity index (χ0n) is 16.1. The maximum Gasteiger partial charge on any atom is 0.265 e. The largest absolute Gasteiger partial charge is 0.378 e. The second-order valence-corrected chi connectivity index (χ2v) is 7.68. The van der Waals surface area contributed by atoms with E-state index < -0.39 is 5.82 Å². The molecule has 2 amide bonds. The van der Waals surface area contributed by atoms with Gasteiger partial charge in [0.15, 0.2) is 0 Å². The highest BCUT2D eigenvalue weighted by molar-refractivity contribution is 7.12. The molecule has 6 nitrogen and oxygen atoms in total. The maximum absolute atomic E-state index is 14.5. The normalized spacial score (nSPS) is 13.7. The molecule has 0 aliphatic carbocycles. The molecule has 8 heteroatoms. The number of halogens is 1. The van der Waals surface area contributed by atoms with Crippen LogP contribution in [-0.4, -0.2) is 38.1 Å². The van der Waals surface area contributed by atoms with Crippen molar-refractivity contribution in [3.8, 4) is 0 Å². The molecule has 30 heavy (non-hydrogen) atoms. The van der Waals surface area contributed by atoms with Gasteiger partial charge < -0.3 is 20.3 Å². The topological polar surface area (TPSA) is 70.7 Å². The van der Waals surface area contributed by atoms with E-state index >= 15 is 0 Å². The Morgan fingerprint density at radius 1 is 0.933 bits per heavy atom. The predicted octanol–water partition coefficient (Wildman–Crippen LogP) is 4.23. The number of thiophene rings is 1. The number of hydrogen-bond donors (Lipinski definition) is 2. The number of carbonyl (C=O) groups is 2. The Bertz CT molecular complexity index is 1050. The minimum Gasteiger partial charge on any atom is -0.378 e. The second-order valence-electron chi connectivity index (χ2n) is 6.73. The Hall–Kier alpha value is -3.23. The number of amides is 2. The summed E-state index contributed by atoms with van der Waals surface area (Å²) >= 11 is 1.34. The smallest absolute Gasteiger partial charge is 0.265 e. The summed E-state index contributed by atoms with van der Waals surface area (Å²) in [6.07, 6.45) is 0. The molecule has 154 valence electrons. The lowest BCUT2D eigenvalue weighted by molar-refractivity contribution is 0.101. The third-order valence-electron chi connectivity index (χ3n) is 4.68. The van der Waals surface area contributed by atoms with Gasteiger partial charge in [-0.05, 0) is 47.8 Å². The van der Waals surface area contributed by atoms with Gasteiger partial charge in [0.2, 0.25) is 0 Å². The molecule has 2 aromatic carbocycles. The summed E-state index contributed by atoms with van der Waals surface area (Å²) in [6.45, 7) is 2.40. The van der Waals surface area contributed by atoms with E-state index in [1.807, 2.05) is 10.3 Å². The highest BCUT2D eigenvalue weighted by Gasteiger charge is 2.16. The minimum atomic E-state index is -0.397. The van der Waals surface area contributed by atoms with Crippen molar-refractivity contribution in [3.05, 3.63) is 76.2 Å². The molecule has 1 saturated heterocycles. The van der Waals surface area contributed by atoms with Crippen LogP contribution >= 0.6 is 11.3 Å². The molecule has 3 aromatic rings. The van der Waals surface area contributed by atoms with Crippen LogP contribution in [0, 0.1) is 5.82 Å².